The average Bonchev–Trinajstić information content (AvgIpc) is 2.54. The van der Waals surface area contributed by atoms with Gasteiger partial charge in [-0.15, -0.1) is 0 Å². The molecule has 3 nitrogen and oxygen atoms in total. The lowest BCUT2D eigenvalue weighted by molar-refractivity contribution is -0.123. The van der Waals surface area contributed by atoms with Crippen molar-refractivity contribution in [2.75, 3.05) is 0 Å². The van der Waals surface area contributed by atoms with Crippen molar-refractivity contribution in [2.24, 2.45) is 5.73 Å². The molecule has 0 fully saturated rings. The van der Waals surface area contributed by atoms with Crippen LogP contribution in [-0.2, 0) is 11.2 Å². The third-order valence-electron chi connectivity index (χ3n) is 3.56. The fourth-order valence-corrected chi connectivity index (χ4v) is 2.35. The van der Waals surface area contributed by atoms with E-state index >= 15 is 0 Å². The van der Waals surface area contributed by atoms with Crippen LogP contribution < -0.4 is 11.1 Å². The number of hydrogen-bond donors (Lipinski definition) is 2. The minimum absolute atomic E-state index is 0.0144. The molecule has 0 saturated heterocycles. The molecule has 0 aliphatic rings. The molecule has 0 heterocycles. The Hall–Kier alpha value is -2.13. The molecule has 2 rings (SSSR count). The Bertz CT molecular complexity index is 554. The number of nitrogens with two attached hydrogens (primary N) is 1. The highest BCUT2D eigenvalue weighted by Gasteiger charge is 2.18. The van der Waals surface area contributed by atoms with E-state index in [2.05, 4.69) is 12.2 Å². The highest BCUT2D eigenvalue weighted by Crippen LogP contribution is 2.16. The van der Waals surface area contributed by atoms with E-state index in [0.717, 1.165) is 17.5 Å². The van der Waals surface area contributed by atoms with E-state index < -0.39 is 6.04 Å². The number of amides is 1. The predicted molar refractivity (Wildman–Crippen MR) is 85.7 cm³/mol. The van der Waals surface area contributed by atoms with Crippen molar-refractivity contribution in [1.29, 1.82) is 0 Å². The van der Waals surface area contributed by atoms with E-state index in [0.29, 0.717) is 6.42 Å². The van der Waals surface area contributed by atoms with Gasteiger partial charge in [0.1, 0.15) is 0 Å². The quantitative estimate of drug-likeness (QED) is 0.856. The Labute approximate surface area is 126 Å². The van der Waals surface area contributed by atoms with Gasteiger partial charge in [0.15, 0.2) is 0 Å². The van der Waals surface area contributed by atoms with Crippen LogP contribution in [0.3, 0.4) is 0 Å². The Morgan fingerprint density at radius 1 is 1.05 bits per heavy atom. The Kier molecular flexibility index (Phi) is 5.52. The molecular weight excluding hydrogens is 260 g/mol. The maximum absolute atomic E-state index is 12.3. The number of rotatable bonds is 6. The van der Waals surface area contributed by atoms with Crippen LogP contribution in [0.4, 0.5) is 0 Å². The largest absolute Gasteiger partial charge is 0.348 e. The number of nitrogens with one attached hydrogen (secondary N) is 1. The predicted octanol–water partition coefficient (Wildman–Crippen LogP) is 2.82. The van der Waals surface area contributed by atoms with Gasteiger partial charge in [-0.25, -0.2) is 0 Å². The molecule has 0 bridgehead atoms. The van der Waals surface area contributed by atoms with Crippen molar-refractivity contribution in [3.63, 3.8) is 0 Å². The Morgan fingerprint density at radius 3 is 2.19 bits per heavy atom. The summed E-state index contributed by atoms with van der Waals surface area (Å²) in [6, 6.07) is 19.3. The fraction of sp³-hybridized carbons (Fsp3) is 0.278. The van der Waals surface area contributed by atoms with Crippen LogP contribution in [0.25, 0.3) is 0 Å². The van der Waals surface area contributed by atoms with Gasteiger partial charge in [0.25, 0.3) is 0 Å². The first-order chi connectivity index (χ1) is 10.2. The molecular formula is C18H22N2O. The van der Waals surface area contributed by atoms with Crippen molar-refractivity contribution in [2.45, 2.75) is 31.8 Å². The van der Waals surface area contributed by atoms with Crippen LogP contribution in [0.15, 0.2) is 60.7 Å². The highest BCUT2D eigenvalue weighted by atomic mass is 16.2. The van der Waals surface area contributed by atoms with E-state index in [9.17, 15) is 4.79 Å². The molecule has 0 radical (unpaired) electrons. The van der Waals surface area contributed by atoms with E-state index in [1.807, 2.05) is 60.7 Å². The summed E-state index contributed by atoms with van der Waals surface area (Å²) in [5.41, 5.74) is 8.21. The van der Waals surface area contributed by atoms with E-state index in [4.69, 9.17) is 5.73 Å². The lowest BCUT2D eigenvalue weighted by atomic mass is 10.0. The van der Waals surface area contributed by atoms with E-state index in [1.54, 1.807) is 0 Å². The first kappa shape index (κ1) is 15.3. The second-order valence-electron chi connectivity index (χ2n) is 5.18. The summed E-state index contributed by atoms with van der Waals surface area (Å²) < 4.78 is 0. The molecule has 0 aliphatic carbocycles. The highest BCUT2D eigenvalue weighted by molar-refractivity contribution is 5.82. The maximum Gasteiger partial charge on any atom is 0.237 e. The van der Waals surface area contributed by atoms with Gasteiger partial charge in [-0.3, -0.25) is 4.79 Å². The smallest absolute Gasteiger partial charge is 0.237 e. The van der Waals surface area contributed by atoms with Crippen LogP contribution in [0.1, 0.15) is 30.5 Å². The summed E-state index contributed by atoms with van der Waals surface area (Å²) in [5.74, 6) is -0.102. The topological polar surface area (TPSA) is 55.1 Å². The van der Waals surface area contributed by atoms with Gasteiger partial charge < -0.3 is 11.1 Å². The molecule has 2 aromatic rings. The first-order valence-electron chi connectivity index (χ1n) is 7.35. The molecule has 21 heavy (non-hydrogen) atoms. The van der Waals surface area contributed by atoms with E-state index in [-0.39, 0.29) is 11.9 Å². The lowest BCUT2D eigenvalue weighted by Crippen LogP contribution is -2.43. The van der Waals surface area contributed by atoms with Gasteiger partial charge in [-0.05, 0) is 24.0 Å². The summed E-state index contributed by atoms with van der Waals surface area (Å²) in [5, 5.41) is 3.04. The molecule has 0 saturated carbocycles. The lowest BCUT2D eigenvalue weighted by Gasteiger charge is -2.20. The second kappa shape index (κ2) is 7.60. The van der Waals surface area contributed by atoms with Crippen LogP contribution in [0.5, 0.6) is 0 Å². The summed E-state index contributed by atoms with van der Waals surface area (Å²) >= 11 is 0. The van der Waals surface area contributed by atoms with Crippen LogP contribution in [-0.4, -0.2) is 11.9 Å². The number of hydrogen-bond acceptors (Lipinski definition) is 2. The van der Waals surface area contributed by atoms with E-state index in [1.165, 1.54) is 0 Å². The molecule has 110 valence electrons. The number of carbonyl (C=O) groups is 1. The Balaban J connectivity index is 1.96. The van der Waals surface area contributed by atoms with Crippen molar-refractivity contribution >= 4 is 5.91 Å². The van der Waals surface area contributed by atoms with Crippen LogP contribution in [0, 0.1) is 0 Å². The van der Waals surface area contributed by atoms with Gasteiger partial charge >= 0.3 is 0 Å². The van der Waals surface area contributed by atoms with Crippen molar-refractivity contribution in [3.8, 4) is 0 Å². The molecule has 1 amide bonds. The zero-order valence-corrected chi connectivity index (χ0v) is 12.3. The molecule has 1 unspecified atom stereocenters. The molecule has 0 spiro atoms. The summed E-state index contributed by atoms with van der Waals surface area (Å²) in [6.45, 7) is 2.06. The van der Waals surface area contributed by atoms with Gasteiger partial charge in [0, 0.05) is 0 Å². The van der Waals surface area contributed by atoms with Gasteiger partial charge in [-0.1, -0.05) is 67.6 Å². The number of benzene rings is 2. The molecule has 3 heteroatoms. The normalized spacial score (nSPS) is 13.4. The summed E-state index contributed by atoms with van der Waals surface area (Å²) in [6.07, 6.45) is 1.39. The third kappa shape index (κ3) is 4.43. The zero-order chi connectivity index (χ0) is 15.1. The maximum atomic E-state index is 12.3. The molecule has 0 aromatic heterocycles. The molecule has 2 atom stereocenters. The molecule has 3 N–H and O–H groups in total. The summed E-state index contributed by atoms with van der Waals surface area (Å²) in [7, 11) is 0. The van der Waals surface area contributed by atoms with Crippen LogP contribution in [0.2, 0.25) is 0 Å². The first-order valence-corrected chi connectivity index (χ1v) is 7.35. The SMILES string of the molecule is CCC(NC(=O)[C@@H](N)Cc1ccccc1)c1ccccc1. The zero-order valence-electron chi connectivity index (χ0n) is 12.3. The van der Waals surface area contributed by atoms with Crippen molar-refractivity contribution in [1.82, 2.24) is 5.32 Å². The minimum atomic E-state index is -0.523. The molecule has 2 aromatic carbocycles. The average molecular weight is 282 g/mol. The Morgan fingerprint density at radius 2 is 1.62 bits per heavy atom. The third-order valence-corrected chi connectivity index (χ3v) is 3.56. The van der Waals surface area contributed by atoms with Crippen LogP contribution >= 0.6 is 0 Å². The van der Waals surface area contributed by atoms with Gasteiger partial charge in [-0.2, -0.15) is 0 Å². The van der Waals surface area contributed by atoms with Crippen molar-refractivity contribution < 1.29 is 4.79 Å². The monoisotopic (exact) mass is 282 g/mol. The standard InChI is InChI=1S/C18H22N2O/c1-2-17(15-11-7-4-8-12-15)20-18(21)16(19)13-14-9-5-3-6-10-14/h3-12,16-17H,2,13,19H2,1H3,(H,20,21)/t16-,17?/m0/s1. The number of carbonyl (C=O) groups excluding carboxylic acids is 1. The minimum Gasteiger partial charge on any atom is -0.348 e. The van der Waals surface area contributed by atoms with Gasteiger partial charge in [0.05, 0.1) is 12.1 Å². The summed E-state index contributed by atoms with van der Waals surface area (Å²) in [4.78, 5) is 12.3. The molecule has 0 aliphatic heterocycles. The fourth-order valence-electron chi connectivity index (χ4n) is 2.35. The van der Waals surface area contributed by atoms with Gasteiger partial charge in [0.2, 0.25) is 5.91 Å². The second-order valence-corrected chi connectivity index (χ2v) is 5.18. The van der Waals surface area contributed by atoms with Crippen molar-refractivity contribution in [3.05, 3.63) is 71.8 Å².